The van der Waals surface area contributed by atoms with E-state index >= 15 is 0 Å². The standard InChI is InChI=1S/C9H15N3O2S/c10-6-2-4-8-15(13,14)12-9-5-1-3-7-11-9/h1,3,5,7H,2,4,6,8,10H2,(H,11,12). The first-order valence-corrected chi connectivity index (χ1v) is 6.41. The SMILES string of the molecule is NCCCCS(=O)(=O)Nc1ccccn1. The Labute approximate surface area is 89.8 Å². The lowest BCUT2D eigenvalue weighted by Crippen LogP contribution is -2.18. The minimum Gasteiger partial charge on any atom is -0.330 e. The third kappa shape index (κ3) is 4.75. The van der Waals surface area contributed by atoms with E-state index in [1.807, 2.05) is 0 Å². The summed E-state index contributed by atoms with van der Waals surface area (Å²) in [5.74, 6) is 0.436. The van der Waals surface area contributed by atoms with E-state index in [1.54, 1.807) is 18.2 Å². The summed E-state index contributed by atoms with van der Waals surface area (Å²) in [4.78, 5) is 3.88. The van der Waals surface area contributed by atoms with Crippen molar-refractivity contribution in [2.75, 3.05) is 17.0 Å². The van der Waals surface area contributed by atoms with Crippen molar-refractivity contribution in [2.24, 2.45) is 5.73 Å². The molecule has 84 valence electrons. The van der Waals surface area contributed by atoms with Gasteiger partial charge in [0.2, 0.25) is 10.0 Å². The molecule has 0 bridgehead atoms. The van der Waals surface area contributed by atoms with Crippen molar-refractivity contribution in [1.82, 2.24) is 4.98 Å². The molecule has 0 atom stereocenters. The predicted molar refractivity (Wildman–Crippen MR) is 59.9 cm³/mol. The number of nitrogens with zero attached hydrogens (tertiary/aromatic N) is 1. The highest BCUT2D eigenvalue weighted by atomic mass is 32.2. The number of hydrogen-bond acceptors (Lipinski definition) is 4. The van der Waals surface area contributed by atoms with Gasteiger partial charge in [-0.2, -0.15) is 0 Å². The molecule has 5 nitrogen and oxygen atoms in total. The van der Waals surface area contributed by atoms with Crippen LogP contribution in [0.25, 0.3) is 0 Å². The van der Waals surface area contributed by atoms with Crippen molar-refractivity contribution in [3.63, 3.8) is 0 Å². The summed E-state index contributed by atoms with van der Waals surface area (Å²) in [6.07, 6.45) is 2.82. The summed E-state index contributed by atoms with van der Waals surface area (Å²) in [6, 6.07) is 5.07. The highest BCUT2D eigenvalue weighted by Gasteiger charge is 2.09. The molecule has 0 aliphatic heterocycles. The molecular weight excluding hydrogens is 214 g/mol. The van der Waals surface area contributed by atoms with Crippen LogP contribution in [-0.2, 0) is 10.0 Å². The maximum atomic E-state index is 11.5. The molecule has 1 heterocycles. The average molecular weight is 229 g/mol. The summed E-state index contributed by atoms with van der Waals surface area (Å²) in [5, 5.41) is 0. The van der Waals surface area contributed by atoms with Gasteiger partial charge in [-0.05, 0) is 31.5 Å². The maximum absolute atomic E-state index is 11.5. The molecule has 0 spiro atoms. The van der Waals surface area contributed by atoms with Crippen LogP contribution in [0.15, 0.2) is 24.4 Å². The van der Waals surface area contributed by atoms with Crippen LogP contribution in [0.5, 0.6) is 0 Å². The second kappa shape index (κ2) is 5.67. The van der Waals surface area contributed by atoms with Gasteiger partial charge in [0.15, 0.2) is 0 Å². The third-order valence-electron chi connectivity index (χ3n) is 1.79. The van der Waals surface area contributed by atoms with E-state index in [-0.39, 0.29) is 5.75 Å². The Morgan fingerprint density at radius 1 is 1.33 bits per heavy atom. The average Bonchev–Trinajstić information content (AvgIpc) is 2.18. The molecule has 0 amide bonds. The zero-order chi connectivity index (χ0) is 11.1. The summed E-state index contributed by atoms with van der Waals surface area (Å²) in [5.41, 5.74) is 5.28. The lowest BCUT2D eigenvalue weighted by atomic mass is 10.3. The van der Waals surface area contributed by atoms with Crippen LogP contribution < -0.4 is 10.5 Å². The summed E-state index contributed by atoms with van der Waals surface area (Å²) >= 11 is 0. The number of unbranched alkanes of at least 4 members (excludes halogenated alkanes) is 1. The number of rotatable bonds is 6. The monoisotopic (exact) mass is 229 g/mol. The molecule has 0 aromatic carbocycles. The molecule has 3 N–H and O–H groups in total. The Morgan fingerprint density at radius 3 is 2.73 bits per heavy atom. The summed E-state index contributed by atoms with van der Waals surface area (Å²) in [6.45, 7) is 0.513. The lowest BCUT2D eigenvalue weighted by Gasteiger charge is -2.05. The topological polar surface area (TPSA) is 85.1 Å². The molecule has 15 heavy (non-hydrogen) atoms. The highest BCUT2D eigenvalue weighted by molar-refractivity contribution is 7.92. The van der Waals surface area contributed by atoms with E-state index in [0.717, 1.165) is 0 Å². The molecule has 0 radical (unpaired) electrons. The summed E-state index contributed by atoms with van der Waals surface area (Å²) in [7, 11) is -3.27. The van der Waals surface area contributed by atoms with E-state index in [9.17, 15) is 8.42 Å². The van der Waals surface area contributed by atoms with E-state index < -0.39 is 10.0 Å². The fraction of sp³-hybridized carbons (Fsp3) is 0.444. The Kier molecular flexibility index (Phi) is 4.51. The van der Waals surface area contributed by atoms with Gasteiger partial charge in [-0.1, -0.05) is 6.07 Å². The maximum Gasteiger partial charge on any atom is 0.233 e. The number of nitrogens with two attached hydrogens (primary N) is 1. The third-order valence-corrected chi connectivity index (χ3v) is 3.14. The first-order valence-electron chi connectivity index (χ1n) is 4.75. The van der Waals surface area contributed by atoms with Gasteiger partial charge in [0.05, 0.1) is 5.75 Å². The second-order valence-corrected chi connectivity index (χ2v) is 4.97. The highest BCUT2D eigenvalue weighted by Crippen LogP contribution is 2.05. The Hall–Kier alpha value is -1.14. The predicted octanol–water partition coefficient (Wildman–Crippen LogP) is 0.562. The molecule has 0 aliphatic rings. The molecule has 0 saturated heterocycles. The summed E-state index contributed by atoms with van der Waals surface area (Å²) < 4.78 is 25.4. The number of nitrogens with one attached hydrogen (secondary N) is 1. The number of anilines is 1. The Bertz CT molecular complexity index is 378. The largest absolute Gasteiger partial charge is 0.330 e. The lowest BCUT2D eigenvalue weighted by molar-refractivity contribution is 0.597. The van der Waals surface area contributed by atoms with Crippen molar-refractivity contribution < 1.29 is 8.42 Å². The smallest absolute Gasteiger partial charge is 0.233 e. The molecule has 1 aromatic heterocycles. The zero-order valence-corrected chi connectivity index (χ0v) is 9.20. The van der Waals surface area contributed by atoms with Crippen molar-refractivity contribution in [3.05, 3.63) is 24.4 Å². The second-order valence-electron chi connectivity index (χ2n) is 3.13. The van der Waals surface area contributed by atoms with Gasteiger partial charge in [0, 0.05) is 6.20 Å². The van der Waals surface area contributed by atoms with Gasteiger partial charge >= 0.3 is 0 Å². The van der Waals surface area contributed by atoms with Crippen LogP contribution in [0.3, 0.4) is 0 Å². The molecule has 0 aliphatic carbocycles. The minimum atomic E-state index is -3.27. The van der Waals surface area contributed by atoms with Crippen molar-refractivity contribution in [2.45, 2.75) is 12.8 Å². The molecular formula is C9H15N3O2S. The first kappa shape index (κ1) is 11.9. The van der Waals surface area contributed by atoms with E-state index in [1.165, 1.54) is 6.20 Å². The minimum absolute atomic E-state index is 0.0841. The van der Waals surface area contributed by atoms with Crippen molar-refractivity contribution in [1.29, 1.82) is 0 Å². The fourth-order valence-corrected chi connectivity index (χ4v) is 2.20. The number of hydrogen-bond donors (Lipinski definition) is 2. The van der Waals surface area contributed by atoms with Crippen LogP contribution in [0.1, 0.15) is 12.8 Å². The molecule has 0 unspecified atom stereocenters. The van der Waals surface area contributed by atoms with Crippen LogP contribution >= 0.6 is 0 Å². The van der Waals surface area contributed by atoms with Gasteiger partial charge in [-0.3, -0.25) is 4.72 Å². The number of aromatic nitrogens is 1. The van der Waals surface area contributed by atoms with Gasteiger partial charge in [-0.15, -0.1) is 0 Å². The Morgan fingerprint density at radius 2 is 2.13 bits per heavy atom. The molecule has 0 fully saturated rings. The normalized spacial score (nSPS) is 11.3. The molecule has 6 heteroatoms. The first-order chi connectivity index (χ1) is 7.14. The van der Waals surface area contributed by atoms with Crippen LogP contribution in [0.2, 0.25) is 0 Å². The van der Waals surface area contributed by atoms with Gasteiger partial charge in [0.25, 0.3) is 0 Å². The fourth-order valence-electron chi connectivity index (χ4n) is 1.07. The van der Waals surface area contributed by atoms with E-state index in [4.69, 9.17) is 5.73 Å². The van der Waals surface area contributed by atoms with Crippen molar-refractivity contribution >= 4 is 15.8 Å². The molecule has 1 aromatic rings. The number of pyridine rings is 1. The van der Waals surface area contributed by atoms with Gasteiger partial charge < -0.3 is 5.73 Å². The quantitative estimate of drug-likeness (QED) is 0.698. The van der Waals surface area contributed by atoms with E-state index in [0.29, 0.717) is 25.2 Å². The van der Waals surface area contributed by atoms with Crippen LogP contribution in [0, 0.1) is 0 Å². The van der Waals surface area contributed by atoms with E-state index in [2.05, 4.69) is 9.71 Å². The van der Waals surface area contributed by atoms with Gasteiger partial charge in [0.1, 0.15) is 5.82 Å². The number of sulfonamides is 1. The zero-order valence-electron chi connectivity index (χ0n) is 8.39. The Balaban J connectivity index is 2.50. The van der Waals surface area contributed by atoms with Crippen molar-refractivity contribution in [3.8, 4) is 0 Å². The van der Waals surface area contributed by atoms with Crippen LogP contribution in [0.4, 0.5) is 5.82 Å². The van der Waals surface area contributed by atoms with Gasteiger partial charge in [-0.25, -0.2) is 13.4 Å². The molecule has 0 saturated carbocycles. The van der Waals surface area contributed by atoms with Crippen LogP contribution in [-0.4, -0.2) is 25.7 Å². The molecule has 1 rings (SSSR count).